The van der Waals surface area contributed by atoms with Crippen LogP contribution in [0.5, 0.6) is 5.75 Å². The highest BCUT2D eigenvalue weighted by Gasteiger charge is 2.12. The molecule has 2 heterocycles. The van der Waals surface area contributed by atoms with Crippen molar-refractivity contribution in [1.82, 2.24) is 9.97 Å². The number of fused-ring (bicyclic) bond motifs is 1. The number of nitrogens with zero attached hydrogens (tertiary/aromatic N) is 2. The Morgan fingerprint density at radius 1 is 1.03 bits per heavy atom. The monoisotopic (exact) mass is 451 g/mol. The SMILES string of the molecule is CCOC(=O)COc1ccc(-c2cnc(N)c(-c3cc4c(Cl)ccc(F)c4cn3)c2)cc1. The summed E-state index contributed by atoms with van der Waals surface area (Å²) < 4.78 is 24.3. The van der Waals surface area contributed by atoms with Gasteiger partial charge in [-0.05, 0) is 48.9 Å². The largest absolute Gasteiger partial charge is 0.482 e. The first-order valence-corrected chi connectivity index (χ1v) is 10.2. The van der Waals surface area contributed by atoms with E-state index in [4.69, 9.17) is 26.8 Å². The lowest BCUT2D eigenvalue weighted by Crippen LogP contribution is -2.14. The molecule has 0 saturated carbocycles. The molecule has 0 aliphatic rings. The maximum Gasteiger partial charge on any atom is 0.344 e. The molecule has 8 heteroatoms. The molecule has 0 atom stereocenters. The van der Waals surface area contributed by atoms with Crippen LogP contribution in [0.3, 0.4) is 0 Å². The molecule has 0 radical (unpaired) electrons. The topological polar surface area (TPSA) is 87.3 Å². The van der Waals surface area contributed by atoms with Crippen molar-refractivity contribution in [1.29, 1.82) is 0 Å². The summed E-state index contributed by atoms with van der Waals surface area (Å²) in [6.07, 6.45) is 3.09. The van der Waals surface area contributed by atoms with Crippen molar-refractivity contribution in [3.05, 3.63) is 71.8 Å². The summed E-state index contributed by atoms with van der Waals surface area (Å²) in [4.78, 5) is 20.1. The van der Waals surface area contributed by atoms with E-state index in [1.54, 1.807) is 31.3 Å². The van der Waals surface area contributed by atoms with Crippen molar-refractivity contribution in [2.45, 2.75) is 6.92 Å². The summed E-state index contributed by atoms with van der Waals surface area (Å²) >= 11 is 6.25. The van der Waals surface area contributed by atoms with Crippen molar-refractivity contribution < 1.29 is 18.7 Å². The molecule has 2 aromatic carbocycles. The fourth-order valence-electron chi connectivity index (χ4n) is 3.24. The second-order valence-corrected chi connectivity index (χ2v) is 7.33. The number of aromatic nitrogens is 2. The summed E-state index contributed by atoms with van der Waals surface area (Å²) in [6, 6.07) is 13.6. The van der Waals surface area contributed by atoms with Gasteiger partial charge in [-0.2, -0.15) is 0 Å². The van der Waals surface area contributed by atoms with Gasteiger partial charge in [0.25, 0.3) is 0 Å². The van der Waals surface area contributed by atoms with Gasteiger partial charge in [0.15, 0.2) is 6.61 Å². The molecule has 0 spiro atoms. The van der Waals surface area contributed by atoms with Crippen molar-refractivity contribution in [2.24, 2.45) is 0 Å². The Balaban J connectivity index is 1.63. The zero-order valence-corrected chi connectivity index (χ0v) is 17.9. The number of hydrogen-bond acceptors (Lipinski definition) is 6. The van der Waals surface area contributed by atoms with Gasteiger partial charge in [-0.3, -0.25) is 4.98 Å². The van der Waals surface area contributed by atoms with Gasteiger partial charge < -0.3 is 15.2 Å². The predicted octanol–water partition coefficient (Wildman–Crippen LogP) is 5.28. The number of benzene rings is 2. The highest BCUT2D eigenvalue weighted by molar-refractivity contribution is 6.35. The summed E-state index contributed by atoms with van der Waals surface area (Å²) in [6.45, 7) is 1.89. The Labute approximate surface area is 188 Å². The summed E-state index contributed by atoms with van der Waals surface area (Å²) in [5.74, 6) is 0.0150. The van der Waals surface area contributed by atoms with Gasteiger partial charge >= 0.3 is 5.97 Å². The zero-order chi connectivity index (χ0) is 22.7. The summed E-state index contributed by atoms with van der Waals surface area (Å²) in [7, 11) is 0. The van der Waals surface area contributed by atoms with Crippen LogP contribution in [0.1, 0.15) is 6.92 Å². The van der Waals surface area contributed by atoms with Gasteiger partial charge in [0.05, 0.1) is 12.3 Å². The molecule has 0 amide bonds. The lowest BCUT2D eigenvalue weighted by molar-refractivity contribution is -0.145. The molecule has 4 rings (SSSR count). The number of carbonyl (C=O) groups excluding carboxylic acids is 1. The van der Waals surface area contributed by atoms with E-state index < -0.39 is 11.8 Å². The number of pyridine rings is 2. The summed E-state index contributed by atoms with van der Waals surface area (Å²) in [5, 5.41) is 1.30. The first-order valence-electron chi connectivity index (χ1n) is 9.84. The second kappa shape index (κ2) is 9.20. The normalized spacial score (nSPS) is 10.8. The molecule has 4 aromatic rings. The van der Waals surface area contributed by atoms with E-state index in [9.17, 15) is 9.18 Å². The van der Waals surface area contributed by atoms with Crippen LogP contribution in [0.25, 0.3) is 33.2 Å². The van der Waals surface area contributed by atoms with Gasteiger partial charge in [0.2, 0.25) is 0 Å². The van der Waals surface area contributed by atoms with E-state index in [0.717, 1.165) is 11.1 Å². The molecule has 162 valence electrons. The smallest absolute Gasteiger partial charge is 0.344 e. The lowest BCUT2D eigenvalue weighted by atomic mass is 10.0. The average Bonchev–Trinajstić information content (AvgIpc) is 2.81. The van der Waals surface area contributed by atoms with Crippen LogP contribution in [-0.2, 0) is 9.53 Å². The molecular formula is C24H19ClFN3O3. The van der Waals surface area contributed by atoms with Gasteiger partial charge in [-0.15, -0.1) is 0 Å². The highest BCUT2D eigenvalue weighted by atomic mass is 35.5. The van der Waals surface area contributed by atoms with Crippen LogP contribution >= 0.6 is 11.6 Å². The van der Waals surface area contributed by atoms with E-state index in [0.29, 0.717) is 45.2 Å². The Hall–Kier alpha value is -3.71. The third kappa shape index (κ3) is 4.48. The molecule has 0 saturated heterocycles. The quantitative estimate of drug-likeness (QED) is 0.401. The van der Waals surface area contributed by atoms with E-state index in [-0.39, 0.29) is 6.61 Å². The molecule has 32 heavy (non-hydrogen) atoms. The van der Waals surface area contributed by atoms with Crippen molar-refractivity contribution >= 4 is 34.2 Å². The molecule has 0 unspecified atom stereocenters. The van der Waals surface area contributed by atoms with E-state index in [2.05, 4.69) is 9.97 Å². The second-order valence-electron chi connectivity index (χ2n) is 6.92. The highest BCUT2D eigenvalue weighted by Crippen LogP contribution is 2.33. The third-order valence-electron chi connectivity index (χ3n) is 4.84. The Kier molecular flexibility index (Phi) is 6.18. The number of ether oxygens (including phenoxy) is 2. The minimum Gasteiger partial charge on any atom is -0.482 e. The van der Waals surface area contributed by atoms with Crippen LogP contribution in [0.2, 0.25) is 5.02 Å². The molecule has 0 aliphatic heterocycles. The summed E-state index contributed by atoms with van der Waals surface area (Å²) in [5.41, 5.74) is 8.92. The first-order chi connectivity index (χ1) is 15.5. The van der Waals surface area contributed by atoms with Crippen molar-refractivity contribution in [2.75, 3.05) is 18.9 Å². The lowest BCUT2D eigenvalue weighted by Gasteiger charge is -2.10. The number of nitrogen functional groups attached to an aromatic ring is 1. The van der Waals surface area contributed by atoms with E-state index >= 15 is 0 Å². The van der Waals surface area contributed by atoms with Crippen LogP contribution in [0.4, 0.5) is 10.2 Å². The van der Waals surface area contributed by atoms with Gasteiger partial charge in [0, 0.05) is 39.3 Å². The van der Waals surface area contributed by atoms with Crippen LogP contribution in [-0.4, -0.2) is 29.2 Å². The average molecular weight is 452 g/mol. The number of halogens is 2. The van der Waals surface area contributed by atoms with E-state index in [1.807, 2.05) is 18.2 Å². The zero-order valence-electron chi connectivity index (χ0n) is 17.1. The molecular weight excluding hydrogens is 433 g/mol. The van der Waals surface area contributed by atoms with Gasteiger partial charge in [-0.1, -0.05) is 23.7 Å². The maximum absolute atomic E-state index is 14.1. The fraction of sp³-hybridized carbons (Fsp3) is 0.125. The van der Waals surface area contributed by atoms with Crippen LogP contribution in [0, 0.1) is 5.82 Å². The molecule has 0 fully saturated rings. The molecule has 6 nitrogen and oxygen atoms in total. The number of carbonyl (C=O) groups is 1. The standard InChI is InChI=1S/C24H19ClFN3O3/c1-2-31-23(30)13-32-16-5-3-14(4-6-16)15-9-18(24(27)29-11-15)22-10-17-19(12-28-22)21(26)8-7-20(17)25/h3-12H,2,13H2,1H3,(H2,27,29). The Morgan fingerprint density at radius 3 is 2.56 bits per heavy atom. The molecule has 2 N–H and O–H groups in total. The Morgan fingerprint density at radius 2 is 1.81 bits per heavy atom. The maximum atomic E-state index is 14.1. The predicted molar refractivity (Wildman–Crippen MR) is 122 cm³/mol. The molecule has 0 bridgehead atoms. The number of anilines is 1. The van der Waals surface area contributed by atoms with Gasteiger partial charge in [-0.25, -0.2) is 14.2 Å². The van der Waals surface area contributed by atoms with E-state index in [1.165, 1.54) is 18.3 Å². The van der Waals surface area contributed by atoms with Crippen molar-refractivity contribution in [3.63, 3.8) is 0 Å². The first kappa shape index (κ1) is 21.5. The number of hydrogen-bond donors (Lipinski definition) is 1. The minimum absolute atomic E-state index is 0.155. The van der Waals surface area contributed by atoms with Crippen LogP contribution < -0.4 is 10.5 Å². The minimum atomic E-state index is -0.424. The number of esters is 1. The van der Waals surface area contributed by atoms with Gasteiger partial charge in [0.1, 0.15) is 17.4 Å². The fourth-order valence-corrected chi connectivity index (χ4v) is 3.46. The number of rotatable bonds is 6. The third-order valence-corrected chi connectivity index (χ3v) is 5.17. The van der Waals surface area contributed by atoms with Crippen LogP contribution in [0.15, 0.2) is 60.9 Å². The number of nitrogens with two attached hydrogens (primary N) is 1. The molecule has 2 aromatic heterocycles. The molecule has 0 aliphatic carbocycles. The van der Waals surface area contributed by atoms with Crippen molar-refractivity contribution in [3.8, 4) is 28.1 Å². The Bertz CT molecular complexity index is 1300.